The van der Waals surface area contributed by atoms with Crippen LogP contribution in [0.5, 0.6) is 0 Å². The van der Waals surface area contributed by atoms with E-state index in [9.17, 15) is 0 Å². The van der Waals surface area contributed by atoms with Gasteiger partial charge in [-0.25, -0.2) is 0 Å². The van der Waals surface area contributed by atoms with Crippen molar-refractivity contribution in [3.05, 3.63) is 47.1 Å². The van der Waals surface area contributed by atoms with Crippen molar-refractivity contribution < 1.29 is 5.11 Å². The molecule has 118 valence electrons. The third-order valence-electron chi connectivity index (χ3n) is 4.43. The lowest BCUT2D eigenvalue weighted by molar-refractivity contribution is 0.341. The van der Waals surface area contributed by atoms with Gasteiger partial charge in [0.25, 0.3) is 0 Å². The van der Waals surface area contributed by atoms with Gasteiger partial charge < -0.3 is 5.11 Å². The molecular weight excluding hydrogens is 256 g/mol. The second-order valence-electron chi connectivity index (χ2n) is 7.02. The molecule has 1 N–H and O–H groups in total. The molecule has 0 saturated heterocycles. The maximum Gasteiger partial charge on any atom is 0.0615 e. The Morgan fingerprint density at radius 3 is 2.67 bits per heavy atom. The van der Waals surface area contributed by atoms with Gasteiger partial charge in [0.2, 0.25) is 0 Å². The largest absolute Gasteiger partial charge is 0.392 e. The topological polar surface area (TPSA) is 20.2 Å². The van der Waals surface area contributed by atoms with E-state index in [2.05, 4.69) is 58.9 Å². The lowest BCUT2D eigenvalue weighted by Crippen LogP contribution is -2.19. The van der Waals surface area contributed by atoms with E-state index in [4.69, 9.17) is 5.11 Å². The van der Waals surface area contributed by atoms with Crippen LogP contribution in [0.1, 0.15) is 60.3 Å². The van der Waals surface area contributed by atoms with Crippen LogP contribution in [0.4, 0.5) is 0 Å². The summed E-state index contributed by atoms with van der Waals surface area (Å²) < 4.78 is 0. The molecule has 1 atom stereocenters. The third-order valence-corrected chi connectivity index (χ3v) is 4.43. The van der Waals surface area contributed by atoms with Crippen LogP contribution in [-0.2, 0) is 0 Å². The van der Waals surface area contributed by atoms with E-state index >= 15 is 0 Å². The van der Waals surface area contributed by atoms with Gasteiger partial charge in [0, 0.05) is 0 Å². The molecule has 0 spiro atoms. The molecule has 0 saturated carbocycles. The van der Waals surface area contributed by atoms with E-state index in [1.807, 2.05) is 6.08 Å². The lowest BCUT2D eigenvalue weighted by Gasteiger charge is -2.33. The van der Waals surface area contributed by atoms with Crippen LogP contribution in [0.2, 0.25) is 0 Å². The van der Waals surface area contributed by atoms with Crippen molar-refractivity contribution >= 4 is 0 Å². The predicted molar refractivity (Wildman–Crippen MR) is 93.2 cm³/mol. The monoisotopic (exact) mass is 288 g/mol. The Bertz CT molecular complexity index is 446. The summed E-state index contributed by atoms with van der Waals surface area (Å²) in [4.78, 5) is 0. The molecule has 0 bridgehead atoms. The number of aliphatic hydroxyl groups excluding tert-OH is 1. The summed E-state index contributed by atoms with van der Waals surface area (Å²) >= 11 is 0. The fourth-order valence-electron chi connectivity index (χ4n) is 3.03. The van der Waals surface area contributed by atoms with Crippen LogP contribution in [0.25, 0.3) is 0 Å². The first-order valence-electron chi connectivity index (χ1n) is 8.18. The van der Waals surface area contributed by atoms with Crippen molar-refractivity contribution in [2.45, 2.75) is 60.3 Å². The minimum atomic E-state index is 0.137. The third kappa shape index (κ3) is 6.05. The highest BCUT2D eigenvalue weighted by molar-refractivity contribution is 5.33. The molecule has 0 amide bonds. The van der Waals surface area contributed by atoms with Gasteiger partial charge in [-0.05, 0) is 56.4 Å². The summed E-state index contributed by atoms with van der Waals surface area (Å²) in [6, 6.07) is 0. The minimum absolute atomic E-state index is 0.137. The van der Waals surface area contributed by atoms with Crippen molar-refractivity contribution in [1.82, 2.24) is 0 Å². The average molecular weight is 288 g/mol. The molecule has 0 aliphatic heterocycles. The number of rotatable bonds is 6. The number of aliphatic hydroxyl groups is 1. The van der Waals surface area contributed by atoms with Crippen molar-refractivity contribution in [1.29, 1.82) is 0 Å². The summed E-state index contributed by atoms with van der Waals surface area (Å²) in [7, 11) is 0. The number of allylic oxidation sites excluding steroid dienone is 7. The fourth-order valence-corrected chi connectivity index (χ4v) is 3.03. The average Bonchev–Trinajstić information content (AvgIpc) is 2.37. The van der Waals surface area contributed by atoms with E-state index in [0.717, 1.165) is 6.42 Å². The highest BCUT2D eigenvalue weighted by Crippen LogP contribution is 2.40. The molecular formula is C20H32O. The zero-order valence-electron chi connectivity index (χ0n) is 14.4. The maximum atomic E-state index is 8.83. The summed E-state index contributed by atoms with van der Waals surface area (Å²) in [5.74, 6) is 0.449. The van der Waals surface area contributed by atoms with E-state index < -0.39 is 0 Å². The van der Waals surface area contributed by atoms with Gasteiger partial charge in [0.05, 0.1) is 6.61 Å². The lowest BCUT2D eigenvalue weighted by atomic mass is 9.72. The summed E-state index contributed by atoms with van der Waals surface area (Å²) in [5, 5.41) is 8.83. The molecule has 0 radical (unpaired) electrons. The highest BCUT2D eigenvalue weighted by Gasteiger charge is 2.26. The van der Waals surface area contributed by atoms with Gasteiger partial charge in [-0.2, -0.15) is 0 Å². The van der Waals surface area contributed by atoms with E-state index in [1.165, 1.54) is 30.4 Å². The van der Waals surface area contributed by atoms with Crippen LogP contribution >= 0.6 is 0 Å². The molecule has 21 heavy (non-hydrogen) atoms. The molecule has 0 heterocycles. The number of hydrogen-bond acceptors (Lipinski definition) is 1. The summed E-state index contributed by atoms with van der Waals surface area (Å²) in [6.07, 6.45) is 15.8. The zero-order valence-corrected chi connectivity index (χ0v) is 14.4. The first-order chi connectivity index (χ1) is 9.86. The fraction of sp³-hybridized carbons (Fsp3) is 0.600. The van der Waals surface area contributed by atoms with Gasteiger partial charge in [-0.3, -0.25) is 0 Å². The highest BCUT2D eigenvalue weighted by atomic mass is 16.2. The standard InChI is InChI=1S/C20H32O/c1-16(8-6-9-17(2)13-15-21)11-12-19-18(3)10-7-14-20(19,4)5/h6,8,11-13,16,21H,7,9-10,14-15H2,1-5H3/b8-6+,12-11+,17-13+. The second kappa shape index (κ2) is 8.38. The summed E-state index contributed by atoms with van der Waals surface area (Å²) in [5.41, 5.74) is 4.63. The Morgan fingerprint density at radius 2 is 2.05 bits per heavy atom. The van der Waals surface area contributed by atoms with Gasteiger partial charge in [-0.15, -0.1) is 0 Å². The van der Waals surface area contributed by atoms with Crippen molar-refractivity contribution in [3.8, 4) is 0 Å². The quantitative estimate of drug-likeness (QED) is 0.632. The Balaban J connectivity index is 2.63. The van der Waals surface area contributed by atoms with E-state index in [-0.39, 0.29) is 6.61 Å². The smallest absolute Gasteiger partial charge is 0.0615 e. The van der Waals surface area contributed by atoms with Crippen LogP contribution in [-0.4, -0.2) is 11.7 Å². The molecule has 1 nitrogen and oxygen atoms in total. The minimum Gasteiger partial charge on any atom is -0.392 e. The van der Waals surface area contributed by atoms with Crippen LogP contribution in [0.15, 0.2) is 47.1 Å². The Labute approximate surface area is 131 Å². The second-order valence-corrected chi connectivity index (χ2v) is 7.02. The SMILES string of the molecule is CC1=C(/C=C/C(C)/C=C/C/C(C)=C/CO)C(C)(C)CCC1. The molecule has 1 aliphatic rings. The zero-order chi connectivity index (χ0) is 15.9. The van der Waals surface area contributed by atoms with Crippen molar-refractivity contribution in [2.24, 2.45) is 11.3 Å². The Hall–Kier alpha value is -1.08. The Kier molecular flexibility index (Phi) is 7.17. The summed E-state index contributed by atoms with van der Waals surface area (Å²) in [6.45, 7) is 11.4. The Morgan fingerprint density at radius 1 is 1.33 bits per heavy atom. The first-order valence-corrected chi connectivity index (χ1v) is 8.18. The molecule has 1 rings (SSSR count). The van der Waals surface area contributed by atoms with Crippen LogP contribution < -0.4 is 0 Å². The molecule has 1 heteroatoms. The molecule has 0 aromatic rings. The molecule has 0 aromatic carbocycles. The van der Waals surface area contributed by atoms with Gasteiger partial charge in [-0.1, -0.05) is 62.3 Å². The molecule has 0 fully saturated rings. The van der Waals surface area contributed by atoms with Crippen molar-refractivity contribution in [2.75, 3.05) is 6.61 Å². The molecule has 1 unspecified atom stereocenters. The van der Waals surface area contributed by atoms with Crippen LogP contribution in [0, 0.1) is 11.3 Å². The number of hydrogen-bond donors (Lipinski definition) is 1. The predicted octanol–water partition coefficient (Wildman–Crippen LogP) is 5.59. The normalized spacial score (nSPS) is 21.5. The van der Waals surface area contributed by atoms with E-state index in [1.54, 1.807) is 5.57 Å². The van der Waals surface area contributed by atoms with Gasteiger partial charge >= 0.3 is 0 Å². The molecule has 1 aliphatic carbocycles. The first kappa shape index (κ1) is 18.0. The van der Waals surface area contributed by atoms with E-state index in [0.29, 0.717) is 11.3 Å². The van der Waals surface area contributed by atoms with Crippen LogP contribution in [0.3, 0.4) is 0 Å². The van der Waals surface area contributed by atoms with Gasteiger partial charge in [0.1, 0.15) is 0 Å². The van der Waals surface area contributed by atoms with Gasteiger partial charge in [0.15, 0.2) is 0 Å². The molecule has 0 aromatic heterocycles. The maximum absolute atomic E-state index is 8.83. The van der Waals surface area contributed by atoms with Crippen molar-refractivity contribution in [3.63, 3.8) is 0 Å².